The third-order valence-corrected chi connectivity index (χ3v) is 3.70. The molecular formula is C14H10ClN7O2. The summed E-state index contributed by atoms with van der Waals surface area (Å²) in [6.07, 6.45) is 1.63. The van der Waals surface area contributed by atoms with E-state index in [1.807, 2.05) is 0 Å². The molecule has 4 rings (SSSR count). The van der Waals surface area contributed by atoms with E-state index in [-0.39, 0.29) is 17.4 Å². The fourth-order valence-electron chi connectivity index (χ4n) is 2.33. The fraction of sp³-hybridized carbons (Fsp3) is 0.0714. The molecule has 24 heavy (non-hydrogen) atoms. The van der Waals surface area contributed by atoms with Gasteiger partial charge in [-0.1, -0.05) is 11.6 Å². The van der Waals surface area contributed by atoms with Gasteiger partial charge in [-0.2, -0.15) is 5.10 Å². The first-order chi connectivity index (χ1) is 11.5. The standard InChI is InChI=1S/C14H10ClN7O2/c1-5-20-22-14(24-5)11-10(19-13(23)12(16)18-11)6-2-7-4-17-21-9(7)8(15)3-6/h2-4H,1H3,(H2,16,18)(H,17,21)(H,19,23). The van der Waals surface area contributed by atoms with Crippen molar-refractivity contribution in [1.82, 2.24) is 30.4 Å². The first kappa shape index (κ1) is 14.4. The number of hydrogen-bond acceptors (Lipinski definition) is 8. The Hall–Kier alpha value is -3.20. The van der Waals surface area contributed by atoms with Crippen LogP contribution < -0.4 is 5.73 Å². The third-order valence-electron chi connectivity index (χ3n) is 3.41. The van der Waals surface area contributed by atoms with Crippen LogP contribution >= 0.6 is 11.6 Å². The average molecular weight is 344 g/mol. The maximum Gasteiger partial charge on any atom is 0.268 e. The molecule has 0 saturated carbocycles. The minimum absolute atomic E-state index is 0.139. The van der Waals surface area contributed by atoms with Crippen LogP contribution in [0.25, 0.3) is 33.7 Å². The molecule has 1 aromatic carbocycles. The lowest BCUT2D eigenvalue weighted by molar-refractivity contribution is 0.454. The smallest absolute Gasteiger partial charge is 0.268 e. The van der Waals surface area contributed by atoms with Crippen LogP contribution in [0.4, 0.5) is 5.82 Å². The predicted molar refractivity (Wildman–Crippen MR) is 86.2 cm³/mol. The van der Waals surface area contributed by atoms with Crippen LogP contribution in [-0.4, -0.2) is 35.5 Å². The summed E-state index contributed by atoms with van der Waals surface area (Å²) in [7, 11) is 0. The number of nitrogens with one attached hydrogen (secondary N) is 1. The Bertz CT molecular complexity index is 1070. The number of nitrogens with zero attached hydrogens (tertiary/aromatic N) is 5. The Morgan fingerprint density at radius 2 is 2.04 bits per heavy atom. The maximum atomic E-state index is 9.86. The Morgan fingerprint density at radius 3 is 2.79 bits per heavy atom. The zero-order valence-electron chi connectivity index (χ0n) is 12.3. The van der Waals surface area contributed by atoms with E-state index in [1.165, 1.54) is 0 Å². The topological polar surface area (TPSA) is 140 Å². The number of benzene rings is 1. The number of anilines is 1. The SMILES string of the molecule is Cc1nnc(-c2nc(N)c(O)nc2-c2cc(Cl)c3[nH]ncc3c2)o1. The molecule has 10 heteroatoms. The lowest BCUT2D eigenvalue weighted by Gasteiger charge is -2.08. The highest BCUT2D eigenvalue weighted by molar-refractivity contribution is 6.35. The van der Waals surface area contributed by atoms with Gasteiger partial charge in [0.1, 0.15) is 5.69 Å². The number of H-pyrrole nitrogens is 1. The highest BCUT2D eigenvalue weighted by Crippen LogP contribution is 2.35. The number of aromatic hydroxyl groups is 1. The van der Waals surface area contributed by atoms with Crippen LogP contribution in [0.2, 0.25) is 5.02 Å². The Kier molecular flexibility index (Phi) is 3.10. The number of hydrogen-bond donors (Lipinski definition) is 3. The first-order valence-electron chi connectivity index (χ1n) is 6.83. The van der Waals surface area contributed by atoms with Crippen molar-refractivity contribution in [2.45, 2.75) is 6.92 Å². The van der Waals surface area contributed by atoms with Crippen LogP contribution in [0.3, 0.4) is 0 Å². The fourth-order valence-corrected chi connectivity index (χ4v) is 2.60. The van der Waals surface area contributed by atoms with E-state index in [4.69, 9.17) is 21.8 Å². The molecule has 120 valence electrons. The summed E-state index contributed by atoms with van der Waals surface area (Å²) in [6.45, 7) is 1.65. The molecule has 3 aromatic heterocycles. The molecular weight excluding hydrogens is 334 g/mol. The molecule has 0 radical (unpaired) electrons. The summed E-state index contributed by atoms with van der Waals surface area (Å²) in [5.74, 6) is -0.0219. The predicted octanol–water partition coefficient (Wildman–Crippen LogP) is 2.32. The summed E-state index contributed by atoms with van der Waals surface area (Å²) in [4.78, 5) is 8.24. The van der Waals surface area contributed by atoms with E-state index < -0.39 is 5.88 Å². The number of aryl methyl sites for hydroxylation is 1. The number of aromatic amines is 1. The van der Waals surface area contributed by atoms with E-state index in [9.17, 15) is 5.11 Å². The third kappa shape index (κ3) is 2.22. The summed E-state index contributed by atoms with van der Waals surface area (Å²) < 4.78 is 5.42. The first-order valence-corrected chi connectivity index (χ1v) is 7.20. The molecule has 0 aliphatic heterocycles. The molecule has 9 nitrogen and oxygen atoms in total. The van der Waals surface area contributed by atoms with E-state index in [0.717, 1.165) is 5.39 Å². The zero-order valence-corrected chi connectivity index (χ0v) is 13.0. The average Bonchev–Trinajstić information content (AvgIpc) is 3.18. The Labute approximate surface area is 139 Å². The van der Waals surface area contributed by atoms with E-state index >= 15 is 0 Å². The van der Waals surface area contributed by atoms with Crippen LogP contribution in [0.15, 0.2) is 22.7 Å². The number of aromatic nitrogens is 6. The molecule has 0 spiro atoms. The quantitative estimate of drug-likeness (QED) is 0.503. The van der Waals surface area contributed by atoms with Crippen molar-refractivity contribution in [2.24, 2.45) is 0 Å². The molecule has 0 aliphatic carbocycles. The lowest BCUT2D eigenvalue weighted by Crippen LogP contribution is -2.00. The van der Waals surface area contributed by atoms with Crippen molar-refractivity contribution in [1.29, 1.82) is 0 Å². The van der Waals surface area contributed by atoms with Crippen molar-refractivity contribution in [3.63, 3.8) is 0 Å². The van der Waals surface area contributed by atoms with Crippen LogP contribution in [0, 0.1) is 6.92 Å². The summed E-state index contributed by atoms with van der Waals surface area (Å²) in [5.41, 5.74) is 7.53. The van der Waals surface area contributed by atoms with Crippen molar-refractivity contribution < 1.29 is 9.52 Å². The molecule has 0 aliphatic rings. The van der Waals surface area contributed by atoms with Crippen LogP contribution in [0.1, 0.15) is 5.89 Å². The number of rotatable bonds is 2. The Morgan fingerprint density at radius 1 is 1.21 bits per heavy atom. The summed E-state index contributed by atoms with van der Waals surface area (Å²) >= 11 is 6.27. The largest absolute Gasteiger partial charge is 0.491 e. The molecule has 4 aromatic rings. The van der Waals surface area contributed by atoms with Gasteiger partial charge in [-0.05, 0) is 12.1 Å². The summed E-state index contributed by atoms with van der Waals surface area (Å²) in [6, 6.07) is 3.48. The lowest BCUT2D eigenvalue weighted by atomic mass is 10.1. The van der Waals surface area contributed by atoms with Crippen molar-refractivity contribution in [3.8, 4) is 28.7 Å². The van der Waals surface area contributed by atoms with Gasteiger partial charge in [-0.15, -0.1) is 10.2 Å². The number of fused-ring (bicyclic) bond motifs is 1. The highest BCUT2D eigenvalue weighted by atomic mass is 35.5. The van der Waals surface area contributed by atoms with E-state index in [1.54, 1.807) is 25.3 Å². The van der Waals surface area contributed by atoms with Crippen molar-refractivity contribution >= 4 is 28.3 Å². The van der Waals surface area contributed by atoms with Crippen molar-refractivity contribution in [2.75, 3.05) is 5.73 Å². The molecule has 4 N–H and O–H groups in total. The van der Waals surface area contributed by atoms with Gasteiger partial charge < -0.3 is 15.3 Å². The molecule has 0 saturated heterocycles. The minimum Gasteiger partial charge on any atom is -0.491 e. The van der Waals surface area contributed by atoms with Crippen molar-refractivity contribution in [3.05, 3.63) is 29.2 Å². The van der Waals surface area contributed by atoms with E-state index in [0.29, 0.717) is 27.7 Å². The van der Waals surface area contributed by atoms with Crippen LogP contribution in [0.5, 0.6) is 5.88 Å². The second kappa shape index (κ2) is 5.17. The molecule has 0 fully saturated rings. The zero-order chi connectivity index (χ0) is 16.8. The van der Waals surface area contributed by atoms with Gasteiger partial charge >= 0.3 is 0 Å². The van der Waals surface area contributed by atoms with Gasteiger partial charge in [0, 0.05) is 17.9 Å². The van der Waals surface area contributed by atoms with E-state index in [2.05, 4.69) is 30.4 Å². The van der Waals surface area contributed by atoms with Gasteiger partial charge in [0.2, 0.25) is 5.89 Å². The monoisotopic (exact) mass is 343 g/mol. The molecule has 0 unspecified atom stereocenters. The summed E-state index contributed by atoms with van der Waals surface area (Å²) in [5, 5.41) is 25.6. The molecule has 0 bridgehead atoms. The second-order valence-electron chi connectivity index (χ2n) is 5.05. The van der Waals surface area contributed by atoms with Gasteiger partial charge in [0.05, 0.1) is 16.7 Å². The van der Waals surface area contributed by atoms with Gasteiger partial charge in [-0.25, -0.2) is 9.97 Å². The normalized spacial score (nSPS) is 11.2. The molecule has 3 heterocycles. The number of nitrogens with two attached hydrogens (primary N) is 1. The number of halogens is 1. The minimum atomic E-state index is -0.395. The second-order valence-corrected chi connectivity index (χ2v) is 5.46. The van der Waals surface area contributed by atoms with Gasteiger partial charge in [-0.3, -0.25) is 5.10 Å². The van der Waals surface area contributed by atoms with Gasteiger partial charge in [0.15, 0.2) is 11.5 Å². The van der Waals surface area contributed by atoms with Gasteiger partial charge in [0.25, 0.3) is 11.8 Å². The van der Waals surface area contributed by atoms with Crippen LogP contribution in [-0.2, 0) is 0 Å². The Balaban J connectivity index is 2.00. The molecule has 0 amide bonds. The maximum absolute atomic E-state index is 9.86. The molecule has 0 atom stereocenters. The highest BCUT2D eigenvalue weighted by Gasteiger charge is 2.20. The number of nitrogen functional groups attached to an aromatic ring is 1.